The second-order valence-corrected chi connectivity index (χ2v) is 8.36. The average molecular weight is 438 g/mol. The van der Waals surface area contributed by atoms with Gasteiger partial charge >= 0.3 is 0 Å². The molecule has 1 fully saturated rings. The number of ether oxygens (including phenoxy) is 1. The summed E-state index contributed by atoms with van der Waals surface area (Å²) in [5.41, 5.74) is 2.92. The molecule has 0 saturated carbocycles. The van der Waals surface area contributed by atoms with Crippen molar-refractivity contribution in [1.82, 2.24) is 9.88 Å². The molecular formula is C25H21F3N2O2. The highest BCUT2D eigenvalue weighted by Crippen LogP contribution is 2.43. The number of carbonyl (C=O) groups excluding carboxylic acids is 1. The van der Waals surface area contributed by atoms with Crippen molar-refractivity contribution in [3.05, 3.63) is 100 Å². The summed E-state index contributed by atoms with van der Waals surface area (Å²) in [6.07, 6.45) is 5.49. The van der Waals surface area contributed by atoms with Gasteiger partial charge < -0.3 is 4.74 Å². The number of ketones is 1. The van der Waals surface area contributed by atoms with Crippen LogP contribution in [0.1, 0.15) is 45.5 Å². The number of hydrogen-bond donors (Lipinski definition) is 0. The standard InChI is InChI=1S/C25H21F3N2O2/c26-21-12-23(28)22(27)11-19(21)24(31)17-3-1-16(2-4-17)14-30-9-6-25(7-10-30)20-13-29-8-5-18(20)15-32-25/h1-5,8,11-13H,6-7,9-10,14-15H2. The van der Waals surface area contributed by atoms with Crippen molar-refractivity contribution in [3.8, 4) is 0 Å². The third kappa shape index (κ3) is 3.72. The molecule has 32 heavy (non-hydrogen) atoms. The van der Waals surface area contributed by atoms with Gasteiger partial charge in [-0.15, -0.1) is 0 Å². The van der Waals surface area contributed by atoms with Crippen molar-refractivity contribution >= 4 is 5.78 Å². The molecule has 5 rings (SSSR count). The summed E-state index contributed by atoms with van der Waals surface area (Å²) in [5.74, 6) is -4.33. The SMILES string of the molecule is O=C(c1ccc(CN2CCC3(CC2)OCc2ccncc23)cc1)c1cc(F)c(F)cc1F. The van der Waals surface area contributed by atoms with Crippen LogP contribution in [0.5, 0.6) is 0 Å². The van der Waals surface area contributed by atoms with Gasteiger partial charge in [0, 0.05) is 49.2 Å². The minimum atomic E-state index is -1.32. The highest BCUT2D eigenvalue weighted by Gasteiger charge is 2.42. The van der Waals surface area contributed by atoms with Crippen molar-refractivity contribution in [2.45, 2.75) is 31.6 Å². The zero-order valence-corrected chi connectivity index (χ0v) is 17.3. The van der Waals surface area contributed by atoms with Gasteiger partial charge in [0.05, 0.1) is 17.8 Å². The molecule has 0 radical (unpaired) electrons. The van der Waals surface area contributed by atoms with Crippen molar-refractivity contribution in [1.29, 1.82) is 0 Å². The van der Waals surface area contributed by atoms with Crippen molar-refractivity contribution < 1.29 is 22.7 Å². The van der Waals surface area contributed by atoms with Gasteiger partial charge in [-0.2, -0.15) is 0 Å². The molecule has 0 N–H and O–H groups in total. The van der Waals surface area contributed by atoms with E-state index >= 15 is 0 Å². The molecule has 0 unspecified atom stereocenters. The molecule has 1 saturated heterocycles. The third-order valence-corrected chi connectivity index (χ3v) is 6.45. The lowest BCUT2D eigenvalue weighted by atomic mass is 9.84. The first-order chi connectivity index (χ1) is 15.4. The second-order valence-electron chi connectivity index (χ2n) is 8.36. The number of halogens is 3. The lowest BCUT2D eigenvalue weighted by molar-refractivity contribution is -0.0800. The fourth-order valence-corrected chi connectivity index (χ4v) is 4.61. The predicted molar refractivity (Wildman–Crippen MR) is 111 cm³/mol. The summed E-state index contributed by atoms with van der Waals surface area (Å²) in [4.78, 5) is 19.1. The Bertz CT molecular complexity index is 1170. The van der Waals surface area contributed by atoms with Gasteiger partial charge in [0.2, 0.25) is 0 Å². The quantitative estimate of drug-likeness (QED) is 0.436. The summed E-state index contributed by atoms with van der Waals surface area (Å²) in [6.45, 7) is 3.08. The highest BCUT2D eigenvalue weighted by molar-refractivity contribution is 6.09. The van der Waals surface area contributed by atoms with Crippen LogP contribution in [0.15, 0.2) is 54.9 Å². The fraction of sp³-hybridized carbons (Fsp3) is 0.280. The van der Waals surface area contributed by atoms with Crippen LogP contribution in [0.3, 0.4) is 0 Å². The molecule has 1 spiro atoms. The summed E-state index contributed by atoms with van der Waals surface area (Å²) in [5, 5.41) is 0. The van der Waals surface area contributed by atoms with Crippen LogP contribution in [0.4, 0.5) is 13.2 Å². The van der Waals surface area contributed by atoms with Crippen LogP contribution in [-0.2, 0) is 23.5 Å². The molecule has 2 aliphatic rings. The number of hydrogen-bond acceptors (Lipinski definition) is 4. The van der Waals surface area contributed by atoms with Gasteiger partial charge in [-0.1, -0.05) is 24.3 Å². The summed E-state index contributed by atoms with van der Waals surface area (Å²) < 4.78 is 46.7. The molecular weight excluding hydrogens is 417 g/mol. The lowest BCUT2D eigenvalue weighted by Crippen LogP contribution is -2.42. The molecule has 0 aliphatic carbocycles. The fourth-order valence-electron chi connectivity index (χ4n) is 4.61. The number of nitrogens with zero attached hydrogens (tertiary/aromatic N) is 2. The number of piperidine rings is 1. The zero-order chi connectivity index (χ0) is 22.3. The number of pyridine rings is 1. The lowest BCUT2D eigenvalue weighted by Gasteiger charge is -2.39. The Labute approximate surface area is 183 Å². The maximum absolute atomic E-state index is 13.9. The molecule has 2 aromatic carbocycles. The Morgan fingerprint density at radius 3 is 2.47 bits per heavy atom. The maximum Gasteiger partial charge on any atom is 0.196 e. The van der Waals surface area contributed by atoms with E-state index < -0.39 is 28.8 Å². The molecule has 164 valence electrons. The topological polar surface area (TPSA) is 42.4 Å². The Hall–Kier alpha value is -3.03. The largest absolute Gasteiger partial charge is 0.365 e. The van der Waals surface area contributed by atoms with Crippen LogP contribution in [0.25, 0.3) is 0 Å². The van der Waals surface area contributed by atoms with E-state index in [0.717, 1.165) is 31.5 Å². The van der Waals surface area contributed by atoms with Crippen LogP contribution < -0.4 is 0 Å². The molecule has 4 nitrogen and oxygen atoms in total. The van der Waals surface area contributed by atoms with E-state index in [2.05, 4.69) is 9.88 Å². The van der Waals surface area contributed by atoms with E-state index in [1.54, 1.807) is 30.5 Å². The first kappa shape index (κ1) is 20.8. The van der Waals surface area contributed by atoms with Crippen LogP contribution in [0.2, 0.25) is 0 Å². The van der Waals surface area contributed by atoms with Gasteiger partial charge in [0.1, 0.15) is 5.82 Å². The van der Waals surface area contributed by atoms with E-state index in [0.29, 0.717) is 25.3 Å². The van der Waals surface area contributed by atoms with Gasteiger partial charge in [-0.05, 0) is 36.1 Å². The van der Waals surface area contributed by atoms with Gasteiger partial charge in [-0.25, -0.2) is 13.2 Å². The molecule has 0 amide bonds. The maximum atomic E-state index is 13.9. The third-order valence-electron chi connectivity index (χ3n) is 6.45. The molecule has 2 aliphatic heterocycles. The number of carbonyl (C=O) groups is 1. The number of aromatic nitrogens is 1. The monoisotopic (exact) mass is 438 g/mol. The zero-order valence-electron chi connectivity index (χ0n) is 17.3. The number of rotatable bonds is 4. The number of benzene rings is 2. The minimum Gasteiger partial charge on any atom is -0.365 e. The molecule has 3 heterocycles. The van der Waals surface area contributed by atoms with Crippen LogP contribution in [0, 0.1) is 17.5 Å². The average Bonchev–Trinajstić information content (AvgIpc) is 3.16. The van der Waals surface area contributed by atoms with Crippen LogP contribution in [-0.4, -0.2) is 28.8 Å². The molecule has 3 aromatic rings. The van der Waals surface area contributed by atoms with E-state index in [1.807, 2.05) is 12.3 Å². The Morgan fingerprint density at radius 2 is 1.72 bits per heavy atom. The van der Waals surface area contributed by atoms with Gasteiger partial charge in [-0.3, -0.25) is 14.7 Å². The van der Waals surface area contributed by atoms with E-state index in [9.17, 15) is 18.0 Å². The van der Waals surface area contributed by atoms with E-state index in [1.165, 1.54) is 11.1 Å². The molecule has 7 heteroatoms. The Balaban J connectivity index is 1.24. The Morgan fingerprint density at radius 1 is 1.00 bits per heavy atom. The van der Waals surface area contributed by atoms with Crippen molar-refractivity contribution in [2.24, 2.45) is 0 Å². The first-order valence-electron chi connectivity index (χ1n) is 10.5. The van der Waals surface area contributed by atoms with Crippen molar-refractivity contribution in [3.63, 3.8) is 0 Å². The summed E-state index contributed by atoms with van der Waals surface area (Å²) >= 11 is 0. The van der Waals surface area contributed by atoms with Gasteiger partial charge in [0.15, 0.2) is 17.4 Å². The second kappa shape index (κ2) is 8.15. The van der Waals surface area contributed by atoms with E-state index in [-0.39, 0.29) is 11.2 Å². The first-order valence-corrected chi connectivity index (χ1v) is 10.5. The Kier molecular flexibility index (Phi) is 5.31. The molecule has 0 atom stereocenters. The number of fused-ring (bicyclic) bond motifs is 2. The van der Waals surface area contributed by atoms with Crippen LogP contribution >= 0.6 is 0 Å². The molecule has 0 bridgehead atoms. The highest BCUT2D eigenvalue weighted by atomic mass is 19.2. The summed E-state index contributed by atoms with van der Waals surface area (Å²) in [7, 11) is 0. The van der Waals surface area contributed by atoms with Crippen molar-refractivity contribution in [2.75, 3.05) is 13.1 Å². The molecule has 1 aromatic heterocycles. The smallest absolute Gasteiger partial charge is 0.196 e. The predicted octanol–water partition coefficient (Wildman–Crippen LogP) is 4.75. The minimum absolute atomic E-state index is 0.222. The summed E-state index contributed by atoms with van der Waals surface area (Å²) in [6, 6.07) is 9.80. The van der Waals surface area contributed by atoms with E-state index in [4.69, 9.17) is 4.74 Å². The van der Waals surface area contributed by atoms with Gasteiger partial charge in [0.25, 0.3) is 0 Å². The number of likely N-dealkylation sites (tertiary alicyclic amines) is 1. The normalized spacial score (nSPS) is 17.5.